The molecule has 2 aromatic carbocycles. The summed E-state index contributed by atoms with van der Waals surface area (Å²) >= 11 is 18.0. The van der Waals surface area contributed by atoms with Gasteiger partial charge in [-0.3, -0.25) is 0 Å². The van der Waals surface area contributed by atoms with Crippen molar-refractivity contribution in [3.63, 3.8) is 0 Å². The summed E-state index contributed by atoms with van der Waals surface area (Å²) in [5.74, 6) is -0.396. The summed E-state index contributed by atoms with van der Waals surface area (Å²) in [4.78, 5) is 0. The molecule has 20 heavy (non-hydrogen) atoms. The fourth-order valence-electron chi connectivity index (χ4n) is 2.08. The van der Waals surface area contributed by atoms with Crippen molar-refractivity contribution in [3.05, 3.63) is 68.4 Å². The molecule has 0 spiro atoms. The van der Waals surface area contributed by atoms with E-state index >= 15 is 0 Å². The monoisotopic (exact) mass is 331 g/mol. The zero-order valence-electron chi connectivity index (χ0n) is 10.8. The molecule has 1 N–H and O–H groups in total. The van der Waals surface area contributed by atoms with Crippen LogP contribution in [-0.2, 0) is 6.42 Å². The van der Waals surface area contributed by atoms with Crippen LogP contribution < -0.4 is 5.32 Å². The molecule has 0 heterocycles. The Morgan fingerprint density at radius 3 is 2.40 bits per heavy atom. The highest BCUT2D eigenvalue weighted by atomic mass is 35.5. The van der Waals surface area contributed by atoms with Gasteiger partial charge < -0.3 is 5.32 Å². The Morgan fingerprint density at radius 1 is 1.05 bits per heavy atom. The van der Waals surface area contributed by atoms with Crippen LogP contribution in [0.5, 0.6) is 0 Å². The summed E-state index contributed by atoms with van der Waals surface area (Å²) in [5.41, 5.74) is 1.37. The molecule has 0 aliphatic heterocycles. The summed E-state index contributed by atoms with van der Waals surface area (Å²) < 4.78 is 14.0. The average Bonchev–Trinajstić information content (AvgIpc) is 2.44. The second kappa shape index (κ2) is 6.77. The molecule has 1 nitrogen and oxygen atoms in total. The van der Waals surface area contributed by atoms with Gasteiger partial charge in [0.15, 0.2) is 0 Å². The molecule has 0 bridgehead atoms. The number of nitrogens with one attached hydrogen (secondary N) is 1. The van der Waals surface area contributed by atoms with E-state index in [4.69, 9.17) is 34.8 Å². The molecular formula is C15H13Cl3FN. The number of benzene rings is 2. The fraction of sp³-hybridized carbons (Fsp3) is 0.200. The molecule has 106 valence electrons. The van der Waals surface area contributed by atoms with Crippen LogP contribution in [0.4, 0.5) is 4.39 Å². The Bertz CT molecular complexity index is 616. The van der Waals surface area contributed by atoms with Crippen molar-refractivity contribution in [2.24, 2.45) is 0 Å². The summed E-state index contributed by atoms with van der Waals surface area (Å²) in [5, 5.41) is 4.21. The highest BCUT2D eigenvalue weighted by molar-refractivity contribution is 6.42. The highest BCUT2D eigenvalue weighted by Crippen LogP contribution is 2.32. The summed E-state index contributed by atoms with van der Waals surface area (Å²) in [6.07, 6.45) is 0.433. The van der Waals surface area contributed by atoms with Crippen LogP contribution in [0.3, 0.4) is 0 Å². The summed E-state index contributed by atoms with van der Waals surface area (Å²) in [6.45, 7) is 0. The molecule has 0 amide bonds. The smallest absolute Gasteiger partial charge is 0.145 e. The lowest BCUT2D eigenvalue weighted by Gasteiger charge is -2.19. The maximum atomic E-state index is 14.0. The van der Waals surface area contributed by atoms with Crippen molar-refractivity contribution < 1.29 is 4.39 Å². The van der Waals surface area contributed by atoms with Crippen LogP contribution in [0, 0.1) is 5.82 Å². The highest BCUT2D eigenvalue weighted by Gasteiger charge is 2.17. The van der Waals surface area contributed by atoms with Gasteiger partial charge in [0.05, 0.1) is 15.1 Å². The van der Waals surface area contributed by atoms with E-state index < -0.39 is 5.82 Å². The van der Waals surface area contributed by atoms with E-state index in [0.717, 1.165) is 5.56 Å². The van der Waals surface area contributed by atoms with E-state index in [0.29, 0.717) is 22.0 Å². The first-order chi connectivity index (χ1) is 9.54. The van der Waals surface area contributed by atoms with Crippen LogP contribution in [0.2, 0.25) is 15.1 Å². The first kappa shape index (κ1) is 15.6. The minimum Gasteiger partial charge on any atom is -0.313 e. The quantitative estimate of drug-likeness (QED) is 0.802. The van der Waals surface area contributed by atoms with Crippen LogP contribution in [0.25, 0.3) is 0 Å². The molecule has 0 aromatic heterocycles. The normalized spacial score (nSPS) is 12.4. The van der Waals surface area contributed by atoms with E-state index in [2.05, 4.69) is 5.32 Å². The molecule has 2 aromatic rings. The third kappa shape index (κ3) is 3.26. The predicted molar refractivity (Wildman–Crippen MR) is 83.4 cm³/mol. The largest absolute Gasteiger partial charge is 0.313 e. The number of halogens is 4. The van der Waals surface area contributed by atoms with Crippen molar-refractivity contribution in [1.82, 2.24) is 5.32 Å². The molecule has 0 aliphatic carbocycles. The van der Waals surface area contributed by atoms with Crippen LogP contribution in [0.15, 0.2) is 36.4 Å². The van der Waals surface area contributed by atoms with Gasteiger partial charge in [-0.25, -0.2) is 4.39 Å². The Kier molecular flexibility index (Phi) is 5.28. The second-order valence-corrected chi connectivity index (χ2v) is 5.59. The Balaban J connectivity index is 2.34. The van der Waals surface area contributed by atoms with Crippen molar-refractivity contribution in [2.75, 3.05) is 7.05 Å². The molecule has 1 unspecified atom stereocenters. The number of likely N-dealkylation sites (N-methyl/N-ethyl adjacent to an activating group) is 1. The zero-order chi connectivity index (χ0) is 14.7. The van der Waals surface area contributed by atoms with Gasteiger partial charge >= 0.3 is 0 Å². The van der Waals surface area contributed by atoms with E-state index in [9.17, 15) is 4.39 Å². The van der Waals surface area contributed by atoms with Gasteiger partial charge in [-0.15, -0.1) is 0 Å². The number of hydrogen-bond donors (Lipinski definition) is 1. The lowest BCUT2D eigenvalue weighted by molar-refractivity contribution is 0.555. The van der Waals surface area contributed by atoms with Crippen molar-refractivity contribution >= 4 is 34.8 Å². The minimum absolute atomic E-state index is 0.120. The Labute approximate surface area is 132 Å². The van der Waals surface area contributed by atoms with E-state index in [-0.39, 0.29) is 11.1 Å². The molecule has 0 fully saturated rings. The molecule has 0 saturated carbocycles. The first-order valence-corrected chi connectivity index (χ1v) is 7.22. The minimum atomic E-state index is -0.396. The Hall–Kier alpha value is -0.800. The maximum absolute atomic E-state index is 14.0. The zero-order valence-corrected chi connectivity index (χ0v) is 13.0. The van der Waals surface area contributed by atoms with Gasteiger partial charge in [-0.2, -0.15) is 0 Å². The molecule has 0 saturated heterocycles. The van der Waals surface area contributed by atoms with Crippen molar-refractivity contribution in [2.45, 2.75) is 12.5 Å². The molecule has 1 atom stereocenters. The average molecular weight is 333 g/mol. The van der Waals surface area contributed by atoms with E-state index in [1.807, 2.05) is 12.1 Å². The van der Waals surface area contributed by atoms with Gasteiger partial charge in [0.1, 0.15) is 5.82 Å². The summed E-state index contributed by atoms with van der Waals surface area (Å²) in [6, 6.07) is 10.2. The third-order valence-electron chi connectivity index (χ3n) is 3.16. The number of rotatable bonds is 4. The Morgan fingerprint density at radius 2 is 1.70 bits per heavy atom. The standard InChI is InChI=1S/C15H13Cl3FN/c1-20-13(10-5-3-6-11(16)14(10)18)8-9-4-2-7-12(17)15(9)19/h2-7,13,20H,8H2,1H3. The van der Waals surface area contributed by atoms with E-state index in [1.54, 1.807) is 25.2 Å². The van der Waals surface area contributed by atoms with Crippen LogP contribution >= 0.6 is 34.8 Å². The van der Waals surface area contributed by atoms with Crippen LogP contribution in [-0.4, -0.2) is 7.05 Å². The lowest BCUT2D eigenvalue weighted by Crippen LogP contribution is -2.20. The van der Waals surface area contributed by atoms with Gasteiger partial charge in [0.2, 0.25) is 0 Å². The molecular weight excluding hydrogens is 320 g/mol. The van der Waals surface area contributed by atoms with Crippen molar-refractivity contribution in [1.29, 1.82) is 0 Å². The van der Waals surface area contributed by atoms with Crippen LogP contribution in [0.1, 0.15) is 17.2 Å². The van der Waals surface area contributed by atoms with Gasteiger partial charge in [-0.1, -0.05) is 59.1 Å². The van der Waals surface area contributed by atoms with E-state index in [1.165, 1.54) is 6.07 Å². The summed E-state index contributed by atoms with van der Waals surface area (Å²) in [7, 11) is 1.80. The molecule has 0 radical (unpaired) electrons. The molecule has 0 aliphatic rings. The number of hydrogen-bond acceptors (Lipinski definition) is 1. The maximum Gasteiger partial charge on any atom is 0.145 e. The van der Waals surface area contributed by atoms with Gasteiger partial charge in [0.25, 0.3) is 0 Å². The third-order valence-corrected chi connectivity index (χ3v) is 4.29. The van der Waals surface area contributed by atoms with Gasteiger partial charge in [-0.05, 0) is 36.7 Å². The SMILES string of the molecule is CNC(Cc1cccc(Cl)c1F)c1cccc(Cl)c1Cl. The lowest BCUT2D eigenvalue weighted by atomic mass is 9.98. The van der Waals surface area contributed by atoms with Crippen molar-refractivity contribution in [3.8, 4) is 0 Å². The molecule has 5 heteroatoms. The fourth-order valence-corrected chi connectivity index (χ4v) is 2.72. The molecule has 2 rings (SSSR count). The predicted octanol–water partition coefficient (Wildman–Crippen LogP) is 5.29. The topological polar surface area (TPSA) is 12.0 Å². The first-order valence-electron chi connectivity index (χ1n) is 6.08. The van der Waals surface area contributed by atoms with Gasteiger partial charge in [0, 0.05) is 6.04 Å². The second-order valence-electron chi connectivity index (χ2n) is 4.40.